The summed E-state index contributed by atoms with van der Waals surface area (Å²) in [6.07, 6.45) is 4.49. The molecule has 1 amide bonds. The summed E-state index contributed by atoms with van der Waals surface area (Å²) in [5.74, 6) is 0.522. The molecule has 0 saturated heterocycles. The lowest BCUT2D eigenvalue weighted by molar-refractivity contribution is 0.0833. The number of allylic oxidation sites excluding steroid dienone is 1. The molecular weight excluding hydrogens is 270 g/mol. The van der Waals surface area contributed by atoms with Gasteiger partial charge in [-0.1, -0.05) is 11.6 Å². The molecule has 110 valence electrons. The van der Waals surface area contributed by atoms with Crippen LogP contribution in [0.3, 0.4) is 0 Å². The van der Waals surface area contributed by atoms with Gasteiger partial charge in [0, 0.05) is 26.2 Å². The maximum atomic E-state index is 12.2. The van der Waals surface area contributed by atoms with Crippen molar-refractivity contribution in [3.05, 3.63) is 22.1 Å². The van der Waals surface area contributed by atoms with Gasteiger partial charge in [-0.3, -0.25) is 4.79 Å². The maximum Gasteiger partial charge on any atom is 0.265 e. The maximum absolute atomic E-state index is 12.2. The quantitative estimate of drug-likeness (QED) is 0.819. The van der Waals surface area contributed by atoms with Crippen LogP contribution in [0.2, 0.25) is 0 Å². The van der Waals surface area contributed by atoms with Gasteiger partial charge < -0.3 is 16.0 Å². The molecule has 1 aromatic heterocycles. The smallest absolute Gasteiger partial charge is 0.265 e. The number of nitrogens with zero attached hydrogens (tertiary/aromatic N) is 1. The molecule has 1 fully saturated rings. The monoisotopic (exact) mass is 293 g/mol. The number of nitrogens with two attached hydrogens (primary N) is 1. The van der Waals surface area contributed by atoms with Gasteiger partial charge in [0.25, 0.3) is 5.91 Å². The van der Waals surface area contributed by atoms with Crippen molar-refractivity contribution >= 4 is 27.9 Å². The summed E-state index contributed by atoms with van der Waals surface area (Å²) in [5, 5.41) is 4.48. The standard InChI is InChI=1S/C15H23N3OS/c1-9(2)7-8-17-14-11(10-5-6-10)12(16)13(20-14)15(19)18(3)4/h7,10,17H,5-6,8,16H2,1-4H3. The van der Waals surface area contributed by atoms with E-state index in [9.17, 15) is 4.79 Å². The van der Waals surface area contributed by atoms with Crippen LogP contribution in [0.4, 0.5) is 10.7 Å². The minimum Gasteiger partial charge on any atom is -0.397 e. The number of nitrogens with one attached hydrogen (secondary N) is 1. The molecule has 4 nitrogen and oxygen atoms in total. The van der Waals surface area contributed by atoms with E-state index in [1.165, 1.54) is 29.8 Å². The van der Waals surface area contributed by atoms with Crippen molar-refractivity contribution < 1.29 is 4.79 Å². The summed E-state index contributed by atoms with van der Waals surface area (Å²) in [6.45, 7) is 4.93. The lowest BCUT2D eigenvalue weighted by Gasteiger charge is -2.08. The summed E-state index contributed by atoms with van der Waals surface area (Å²) in [5.41, 5.74) is 9.33. The number of carbonyl (C=O) groups is 1. The van der Waals surface area contributed by atoms with Crippen molar-refractivity contribution in [1.29, 1.82) is 0 Å². The van der Waals surface area contributed by atoms with Gasteiger partial charge in [-0.05, 0) is 32.6 Å². The van der Waals surface area contributed by atoms with E-state index < -0.39 is 0 Å². The van der Waals surface area contributed by atoms with Gasteiger partial charge in [0.1, 0.15) is 4.88 Å². The topological polar surface area (TPSA) is 58.4 Å². The minimum atomic E-state index is -0.00957. The van der Waals surface area contributed by atoms with E-state index in [0.717, 1.165) is 17.1 Å². The van der Waals surface area contributed by atoms with E-state index in [4.69, 9.17) is 5.73 Å². The molecule has 0 aliphatic heterocycles. The van der Waals surface area contributed by atoms with Crippen molar-refractivity contribution in [2.45, 2.75) is 32.6 Å². The number of carbonyl (C=O) groups excluding carboxylic acids is 1. The number of amides is 1. The highest BCUT2D eigenvalue weighted by Crippen LogP contribution is 2.50. The van der Waals surface area contributed by atoms with Crippen LogP contribution in [0, 0.1) is 0 Å². The van der Waals surface area contributed by atoms with E-state index in [-0.39, 0.29) is 5.91 Å². The molecule has 0 spiro atoms. The Balaban J connectivity index is 2.28. The predicted octanol–water partition coefficient (Wildman–Crippen LogP) is 3.29. The summed E-state index contributed by atoms with van der Waals surface area (Å²) in [7, 11) is 3.52. The molecule has 0 unspecified atom stereocenters. The zero-order valence-corrected chi connectivity index (χ0v) is 13.4. The normalized spacial score (nSPS) is 14.0. The molecule has 5 heteroatoms. The Morgan fingerprint density at radius 3 is 2.60 bits per heavy atom. The number of thiophene rings is 1. The zero-order valence-electron chi connectivity index (χ0n) is 12.6. The highest BCUT2D eigenvalue weighted by molar-refractivity contribution is 7.18. The van der Waals surface area contributed by atoms with Gasteiger partial charge in [0.2, 0.25) is 0 Å². The molecule has 1 heterocycles. The first-order valence-electron chi connectivity index (χ1n) is 6.92. The van der Waals surface area contributed by atoms with Crippen LogP contribution in [0.15, 0.2) is 11.6 Å². The van der Waals surface area contributed by atoms with Crippen LogP contribution < -0.4 is 11.1 Å². The fourth-order valence-corrected chi connectivity index (χ4v) is 3.31. The van der Waals surface area contributed by atoms with Gasteiger partial charge in [0.05, 0.1) is 10.7 Å². The van der Waals surface area contributed by atoms with Crippen LogP contribution in [0.5, 0.6) is 0 Å². The van der Waals surface area contributed by atoms with Crippen LogP contribution >= 0.6 is 11.3 Å². The van der Waals surface area contributed by atoms with Crippen LogP contribution in [0.25, 0.3) is 0 Å². The third-order valence-corrected chi connectivity index (χ3v) is 4.51. The zero-order chi connectivity index (χ0) is 14.9. The van der Waals surface area contributed by atoms with E-state index >= 15 is 0 Å². The predicted molar refractivity (Wildman–Crippen MR) is 86.6 cm³/mol. The van der Waals surface area contributed by atoms with E-state index in [2.05, 4.69) is 25.2 Å². The first kappa shape index (κ1) is 14.9. The third kappa shape index (κ3) is 3.15. The number of hydrogen-bond donors (Lipinski definition) is 2. The molecule has 0 aromatic carbocycles. The second-order valence-corrected chi connectivity index (χ2v) is 6.74. The van der Waals surface area contributed by atoms with Crippen LogP contribution in [-0.4, -0.2) is 31.4 Å². The summed E-state index contributed by atoms with van der Waals surface area (Å²) in [6, 6.07) is 0. The summed E-state index contributed by atoms with van der Waals surface area (Å²) in [4.78, 5) is 14.4. The molecule has 20 heavy (non-hydrogen) atoms. The lowest BCUT2D eigenvalue weighted by atomic mass is 10.1. The summed E-state index contributed by atoms with van der Waals surface area (Å²) < 4.78 is 0. The van der Waals surface area contributed by atoms with Crippen molar-refractivity contribution in [2.24, 2.45) is 0 Å². The molecule has 1 aromatic rings. The SMILES string of the molecule is CC(C)=CCNc1sc(C(=O)N(C)C)c(N)c1C1CC1. The van der Waals surface area contributed by atoms with Gasteiger partial charge in [0.15, 0.2) is 0 Å². The van der Waals surface area contributed by atoms with Gasteiger partial charge in [-0.25, -0.2) is 0 Å². The molecular formula is C15H23N3OS. The molecule has 1 aliphatic rings. The van der Waals surface area contributed by atoms with Crippen LogP contribution in [-0.2, 0) is 0 Å². The highest BCUT2D eigenvalue weighted by atomic mass is 32.1. The number of rotatable bonds is 5. The fourth-order valence-electron chi connectivity index (χ4n) is 2.08. The summed E-state index contributed by atoms with van der Waals surface area (Å²) >= 11 is 1.49. The van der Waals surface area contributed by atoms with Gasteiger partial charge >= 0.3 is 0 Å². The number of anilines is 2. The number of hydrogen-bond acceptors (Lipinski definition) is 4. The first-order chi connectivity index (χ1) is 9.41. The third-order valence-electron chi connectivity index (χ3n) is 3.34. The lowest BCUT2D eigenvalue weighted by Crippen LogP contribution is -2.21. The average molecular weight is 293 g/mol. The molecule has 1 saturated carbocycles. The highest BCUT2D eigenvalue weighted by Gasteiger charge is 2.33. The minimum absolute atomic E-state index is 0.00957. The van der Waals surface area contributed by atoms with Crippen LogP contribution in [0.1, 0.15) is 47.8 Å². The Kier molecular flexibility index (Phi) is 4.38. The number of nitrogen functional groups attached to an aromatic ring is 1. The average Bonchev–Trinajstić information content (AvgIpc) is 3.13. The van der Waals surface area contributed by atoms with E-state index in [1.54, 1.807) is 19.0 Å². The van der Waals surface area contributed by atoms with Gasteiger partial charge in [-0.2, -0.15) is 0 Å². The molecule has 0 radical (unpaired) electrons. The van der Waals surface area contributed by atoms with E-state index in [0.29, 0.717) is 16.5 Å². The second kappa shape index (κ2) is 5.87. The molecule has 0 bridgehead atoms. The Hall–Kier alpha value is -1.49. The van der Waals surface area contributed by atoms with Crippen molar-refractivity contribution in [3.8, 4) is 0 Å². The molecule has 0 atom stereocenters. The fraction of sp³-hybridized carbons (Fsp3) is 0.533. The Labute approximate surface area is 124 Å². The molecule has 2 rings (SSSR count). The van der Waals surface area contributed by atoms with Gasteiger partial charge in [-0.15, -0.1) is 11.3 Å². The first-order valence-corrected chi connectivity index (χ1v) is 7.74. The van der Waals surface area contributed by atoms with Crippen molar-refractivity contribution in [3.63, 3.8) is 0 Å². The van der Waals surface area contributed by atoms with Crippen molar-refractivity contribution in [2.75, 3.05) is 31.7 Å². The largest absolute Gasteiger partial charge is 0.397 e. The van der Waals surface area contributed by atoms with E-state index in [1.807, 2.05) is 0 Å². The Morgan fingerprint density at radius 2 is 2.10 bits per heavy atom. The molecule has 1 aliphatic carbocycles. The second-order valence-electron chi connectivity index (χ2n) is 5.72. The Bertz CT molecular complexity index is 538. The van der Waals surface area contributed by atoms with Crippen molar-refractivity contribution in [1.82, 2.24) is 4.90 Å². The Morgan fingerprint density at radius 1 is 1.45 bits per heavy atom. The molecule has 3 N–H and O–H groups in total.